The van der Waals surface area contributed by atoms with Crippen LogP contribution >= 0.6 is 0 Å². The van der Waals surface area contributed by atoms with Crippen LogP contribution in [0.2, 0.25) is 0 Å². The van der Waals surface area contributed by atoms with Gasteiger partial charge >= 0.3 is 0 Å². The Morgan fingerprint density at radius 3 is 2.75 bits per heavy atom. The normalized spacial score (nSPS) is 12.8. The second kappa shape index (κ2) is 7.29. The molecule has 0 aliphatic rings. The molecule has 20 heavy (non-hydrogen) atoms. The van der Waals surface area contributed by atoms with Crippen LogP contribution in [-0.4, -0.2) is 20.7 Å². The minimum absolute atomic E-state index is 0.487. The topological polar surface area (TPSA) is 34.8 Å². The van der Waals surface area contributed by atoms with E-state index in [-0.39, 0.29) is 0 Å². The van der Waals surface area contributed by atoms with Gasteiger partial charge in [0, 0.05) is 43.9 Å². The molecule has 0 saturated carbocycles. The zero-order valence-corrected chi connectivity index (χ0v) is 12.8. The molecule has 0 aliphatic heterocycles. The molecule has 2 rings (SSSR count). The number of rotatable bonds is 8. The lowest BCUT2D eigenvalue weighted by Gasteiger charge is -2.15. The highest BCUT2D eigenvalue weighted by molar-refractivity contribution is 5.15. The molecule has 0 aliphatic carbocycles. The molecular formula is C16H26N4. The first kappa shape index (κ1) is 14.9. The van der Waals surface area contributed by atoms with Crippen LogP contribution in [0.4, 0.5) is 0 Å². The summed E-state index contributed by atoms with van der Waals surface area (Å²) in [5, 5.41) is 3.56. The van der Waals surface area contributed by atoms with Crippen LogP contribution in [0.15, 0.2) is 30.9 Å². The van der Waals surface area contributed by atoms with Crippen molar-refractivity contribution in [3.8, 4) is 0 Å². The van der Waals surface area contributed by atoms with Crippen molar-refractivity contribution in [1.29, 1.82) is 0 Å². The Morgan fingerprint density at radius 1 is 1.25 bits per heavy atom. The highest BCUT2D eigenvalue weighted by atomic mass is 15.1. The van der Waals surface area contributed by atoms with Gasteiger partial charge in [0.15, 0.2) is 0 Å². The summed E-state index contributed by atoms with van der Waals surface area (Å²) in [5.41, 5.74) is 1.40. The Hall–Kier alpha value is -1.55. The fourth-order valence-electron chi connectivity index (χ4n) is 2.59. The molecule has 2 aromatic rings. The molecule has 0 bridgehead atoms. The lowest BCUT2D eigenvalue weighted by molar-refractivity contribution is 0.506. The van der Waals surface area contributed by atoms with E-state index < -0.39 is 0 Å². The van der Waals surface area contributed by atoms with Gasteiger partial charge in [-0.25, -0.2) is 4.98 Å². The molecule has 2 aromatic heterocycles. The smallest absolute Gasteiger partial charge is 0.105 e. The van der Waals surface area contributed by atoms with Crippen LogP contribution in [0.5, 0.6) is 0 Å². The summed E-state index contributed by atoms with van der Waals surface area (Å²) in [5.74, 6) is 1.08. The van der Waals surface area contributed by atoms with E-state index in [0.717, 1.165) is 25.5 Å². The van der Waals surface area contributed by atoms with E-state index in [9.17, 15) is 0 Å². The standard InChI is InChI=1S/C16H26N4/c1-4-6-16(17-5-2)15-7-9-19(13-15)11-12-20-10-8-18-14(20)3/h7-10,13,16-17H,4-6,11-12H2,1-3H3. The average Bonchev–Trinajstić information content (AvgIpc) is 3.05. The minimum Gasteiger partial charge on any atom is -0.352 e. The molecule has 4 nitrogen and oxygen atoms in total. The third-order valence-electron chi connectivity index (χ3n) is 3.73. The second-order valence-electron chi connectivity index (χ2n) is 5.25. The minimum atomic E-state index is 0.487. The number of imidazole rings is 1. The van der Waals surface area contributed by atoms with Crippen LogP contribution in [0, 0.1) is 6.92 Å². The first-order chi connectivity index (χ1) is 9.74. The summed E-state index contributed by atoms with van der Waals surface area (Å²) in [6, 6.07) is 2.73. The molecule has 0 aromatic carbocycles. The molecule has 110 valence electrons. The maximum Gasteiger partial charge on any atom is 0.105 e. The van der Waals surface area contributed by atoms with Crippen LogP contribution < -0.4 is 5.32 Å². The number of nitrogens with zero attached hydrogens (tertiary/aromatic N) is 3. The fraction of sp³-hybridized carbons (Fsp3) is 0.562. The van der Waals surface area contributed by atoms with E-state index >= 15 is 0 Å². The average molecular weight is 274 g/mol. The molecule has 2 heterocycles. The summed E-state index contributed by atoms with van der Waals surface area (Å²) in [6.07, 6.45) is 10.8. The van der Waals surface area contributed by atoms with Crippen molar-refractivity contribution in [2.24, 2.45) is 0 Å². The van der Waals surface area contributed by atoms with Gasteiger partial charge in [-0.05, 0) is 31.5 Å². The van der Waals surface area contributed by atoms with E-state index in [2.05, 4.69) is 51.7 Å². The summed E-state index contributed by atoms with van der Waals surface area (Å²) >= 11 is 0. The van der Waals surface area contributed by atoms with Gasteiger partial charge < -0.3 is 14.5 Å². The molecule has 0 saturated heterocycles. The van der Waals surface area contributed by atoms with Crippen LogP contribution in [-0.2, 0) is 13.1 Å². The number of aryl methyl sites for hydroxylation is 3. The SMILES string of the molecule is CCCC(NCC)c1ccn(CCn2ccnc2C)c1. The lowest BCUT2D eigenvalue weighted by atomic mass is 10.1. The van der Waals surface area contributed by atoms with E-state index in [1.165, 1.54) is 18.4 Å². The van der Waals surface area contributed by atoms with Crippen LogP contribution in [0.1, 0.15) is 44.1 Å². The zero-order valence-electron chi connectivity index (χ0n) is 12.8. The van der Waals surface area contributed by atoms with Crippen molar-refractivity contribution in [3.63, 3.8) is 0 Å². The van der Waals surface area contributed by atoms with Gasteiger partial charge in [0.25, 0.3) is 0 Å². The first-order valence-electron chi connectivity index (χ1n) is 7.61. The Kier molecular flexibility index (Phi) is 5.41. The van der Waals surface area contributed by atoms with Crippen LogP contribution in [0.3, 0.4) is 0 Å². The quantitative estimate of drug-likeness (QED) is 0.802. The Morgan fingerprint density at radius 2 is 2.10 bits per heavy atom. The van der Waals surface area contributed by atoms with Gasteiger partial charge in [-0.1, -0.05) is 20.3 Å². The predicted molar refractivity (Wildman–Crippen MR) is 82.7 cm³/mol. The summed E-state index contributed by atoms with van der Waals surface area (Å²) in [6.45, 7) is 9.43. The van der Waals surface area contributed by atoms with Gasteiger partial charge in [0.05, 0.1) is 0 Å². The van der Waals surface area contributed by atoms with Crippen molar-refractivity contribution in [2.75, 3.05) is 6.54 Å². The van der Waals surface area contributed by atoms with Crippen molar-refractivity contribution in [3.05, 3.63) is 42.2 Å². The van der Waals surface area contributed by atoms with Crippen molar-refractivity contribution >= 4 is 0 Å². The molecule has 0 radical (unpaired) electrons. The Labute approximate surface area is 121 Å². The van der Waals surface area contributed by atoms with E-state index in [4.69, 9.17) is 0 Å². The summed E-state index contributed by atoms with van der Waals surface area (Å²) in [4.78, 5) is 4.25. The first-order valence-corrected chi connectivity index (χ1v) is 7.61. The summed E-state index contributed by atoms with van der Waals surface area (Å²) < 4.78 is 4.46. The molecule has 4 heteroatoms. The maximum atomic E-state index is 4.25. The predicted octanol–water partition coefficient (Wildman–Crippen LogP) is 3.14. The third kappa shape index (κ3) is 3.73. The zero-order chi connectivity index (χ0) is 14.4. The number of hydrogen-bond acceptors (Lipinski definition) is 2. The molecule has 1 unspecified atom stereocenters. The molecule has 0 fully saturated rings. The molecular weight excluding hydrogens is 248 g/mol. The highest BCUT2D eigenvalue weighted by Gasteiger charge is 2.10. The molecule has 1 atom stereocenters. The molecule has 0 amide bonds. The van der Waals surface area contributed by atoms with Gasteiger partial charge in [-0.3, -0.25) is 0 Å². The molecule has 0 spiro atoms. The van der Waals surface area contributed by atoms with Crippen molar-refractivity contribution in [2.45, 2.75) is 52.7 Å². The summed E-state index contributed by atoms with van der Waals surface area (Å²) in [7, 11) is 0. The van der Waals surface area contributed by atoms with Gasteiger partial charge in [0.1, 0.15) is 5.82 Å². The third-order valence-corrected chi connectivity index (χ3v) is 3.73. The van der Waals surface area contributed by atoms with Gasteiger partial charge in [-0.2, -0.15) is 0 Å². The lowest BCUT2D eigenvalue weighted by Crippen LogP contribution is -2.20. The van der Waals surface area contributed by atoms with Gasteiger partial charge in [0.2, 0.25) is 0 Å². The second-order valence-corrected chi connectivity index (χ2v) is 5.25. The maximum absolute atomic E-state index is 4.25. The van der Waals surface area contributed by atoms with E-state index in [0.29, 0.717) is 6.04 Å². The van der Waals surface area contributed by atoms with Gasteiger partial charge in [-0.15, -0.1) is 0 Å². The number of aromatic nitrogens is 3. The Bertz CT molecular complexity index is 506. The molecule has 1 N–H and O–H groups in total. The number of nitrogens with one attached hydrogen (secondary N) is 1. The van der Waals surface area contributed by atoms with Crippen molar-refractivity contribution in [1.82, 2.24) is 19.4 Å². The monoisotopic (exact) mass is 274 g/mol. The largest absolute Gasteiger partial charge is 0.352 e. The van der Waals surface area contributed by atoms with Crippen LogP contribution in [0.25, 0.3) is 0 Å². The van der Waals surface area contributed by atoms with E-state index in [1.54, 1.807) is 0 Å². The number of hydrogen-bond donors (Lipinski definition) is 1. The Balaban J connectivity index is 1.95. The van der Waals surface area contributed by atoms with Crippen molar-refractivity contribution < 1.29 is 0 Å². The highest BCUT2D eigenvalue weighted by Crippen LogP contribution is 2.18. The fourth-order valence-corrected chi connectivity index (χ4v) is 2.59. The van der Waals surface area contributed by atoms with E-state index in [1.807, 2.05) is 19.3 Å².